The van der Waals surface area contributed by atoms with Crippen molar-refractivity contribution >= 4 is 11.9 Å². The Labute approximate surface area is 89.8 Å². The highest BCUT2D eigenvalue weighted by atomic mass is 16.4. The second kappa shape index (κ2) is 6.19. The van der Waals surface area contributed by atoms with Crippen molar-refractivity contribution in [3.63, 3.8) is 0 Å². The summed E-state index contributed by atoms with van der Waals surface area (Å²) in [6.45, 7) is 3.84. The number of carboxylic acid groups (broad SMARTS) is 1. The molecule has 0 aromatic carbocycles. The molecule has 2 N–H and O–H groups in total. The molecule has 0 aliphatic carbocycles. The van der Waals surface area contributed by atoms with Gasteiger partial charge in [-0.2, -0.15) is 0 Å². The Morgan fingerprint density at radius 2 is 2.00 bits per heavy atom. The molecule has 5 heteroatoms. The number of rotatable bonds is 5. The molecule has 0 rings (SSSR count). The molecule has 0 heterocycles. The van der Waals surface area contributed by atoms with Crippen LogP contribution in [0, 0.1) is 0 Å². The lowest BCUT2D eigenvalue weighted by Gasteiger charge is -2.17. The van der Waals surface area contributed by atoms with Crippen LogP contribution >= 0.6 is 0 Å². The molecule has 0 bridgehead atoms. The average molecular weight is 214 g/mol. The van der Waals surface area contributed by atoms with Gasteiger partial charge in [-0.3, -0.25) is 4.79 Å². The van der Waals surface area contributed by atoms with Gasteiger partial charge in [-0.25, -0.2) is 4.79 Å². The van der Waals surface area contributed by atoms with E-state index < -0.39 is 5.97 Å². The number of hydrogen-bond donors (Lipinski definition) is 2. The van der Waals surface area contributed by atoms with E-state index in [2.05, 4.69) is 5.32 Å². The molecule has 0 saturated heterocycles. The van der Waals surface area contributed by atoms with E-state index in [9.17, 15) is 9.59 Å². The molecular formula is C10H18N2O3. The van der Waals surface area contributed by atoms with Gasteiger partial charge in [0.2, 0.25) is 5.91 Å². The SMILES string of the molecule is CC(=CC(=O)O)CNC(C)C(=O)N(C)C. The molecule has 0 spiro atoms. The zero-order chi connectivity index (χ0) is 12.0. The molecule has 15 heavy (non-hydrogen) atoms. The number of nitrogens with zero attached hydrogens (tertiary/aromatic N) is 1. The molecule has 0 aromatic heterocycles. The van der Waals surface area contributed by atoms with Crippen LogP contribution in [-0.4, -0.2) is 48.6 Å². The van der Waals surface area contributed by atoms with Gasteiger partial charge in [0.25, 0.3) is 0 Å². The molecule has 0 aliphatic heterocycles. The largest absolute Gasteiger partial charge is 0.478 e. The first-order chi connectivity index (χ1) is 6.84. The van der Waals surface area contributed by atoms with Crippen LogP contribution in [0.15, 0.2) is 11.6 Å². The van der Waals surface area contributed by atoms with Gasteiger partial charge in [0.1, 0.15) is 0 Å². The van der Waals surface area contributed by atoms with Gasteiger partial charge in [0.15, 0.2) is 0 Å². The van der Waals surface area contributed by atoms with Crippen molar-refractivity contribution in [2.24, 2.45) is 0 Å². The molecule has 0 fully saturated rings. The van der Waals surface area contributed by atoms with Crippen LogP contribution in [-0.2, 0) is 9.59 Å². The number of hydrogen-bond acceptors (Lipinski definition) is 3. The summed E-state index contributed by atoms with van der Waals surface area (Å²) >= 11 is 0. The molecule has 0 saturated carbocycles. The molecular weight excluding hydrogens is 196 g/mol. The summed E-state index contributed by atoms with van der Waals surface area (Å²) in [6.07, 6.45) is 1.12. The highest BCUT2D eigenvalue weighted by Crippen LogP contribution is 1.93. The fourth-order valence-corrected chi connectivity index (χ4v) is 1.05. The van der Waals surface area contributed by atoms with E-state index in [0.717, 1.165) is 6.08 Å². The van der Waals surface area contributed by atoms with Gasteiger partial charge < -0.3 is 15.3 Å². The van der Waals surface area contributed by atoms with Crippen LogP contribution in [0.25, 0.3) is 0 Å². The maximum Gasteiger partial charge on any atom is 0.328 e. The van der Waals surface area contributed by atoms with Crippen LogP contribution in [0.5, 0.6) is 0 Å². The van der Waals surface area contributed by atoms with Gasteiger partial charge in [-0.1, -0.05) is 5.57 Å². The minimum absolute atomic E-state index is 0.0295. The lowest BCUT2D eigenvalue weighted by molar-refractivity contribution is -0.131. The smallest absolute Gasteiger partial charge is 0.328 e. The lowest BCUT2D eigenvalue weighted by Crippen LogP contribution is -2.42. The molecule has 5 nitrogen and oxygen atoms in total. The highest BCUT2D eigenvalue weighted by Gasteiger charge is 2.13. The Morgan fingerprint density at radius 3 is 2.40 bits per heavy atom. The summed E-state index contributed by atoms with van der Waals surface area (Å²) in [6, 6.07) is -0.308. The zero-order valence-corrected chi connectivity index (χ0v) is 9.57. The molecule has 1 atom stereocenters. The monoisotopic (exact) mass is 214 g/mol. The van der Waals surface area contributed by atoms with Crippen LogP contribution in [0.1, 0.15) is 13.8 Å². The summed E-state index contributed by atoms with van der Waals surface area (Å²) in [5.41, 5.74) is 0.681. The topological polar surface area (TPSA) is 69.6 Å². The van der Waals surface area contributed by atoms with Crippen molar-refractivity contribution < 1.29 is 14.7 Å². The van der Waals surface area contributed by atoms with E-state index in [4.69, 9.17) is 5.11 Å². The summed E-state index contributed by atoms with van der Waals surface area (Å²) in [5, 5.41) is 11.4. The maximum absolute atomic E-state index is 11.4. The summed E-state index contributed by atoms with van der Waals surface area (Å²) in [4.78, 5) is 23.2. The lowest BCUT2D eigenvalue weighted by atomic mass is 10.2. The first kappa shape index (κ1) is 13.6. The fourth-order valence-electron chi connectivity index (χ4n) is 1.05. The van der Waals surface area contributed by atoms with Crippen molar-refractivity contribution in [3.8, 4) is 0 Å². The van der Waals surface area contributed by atoms with Gasteiger partial charge >= 0.3 is 5.97 Å². The third-order valence-electron chi connectivity index (χ3n) is 1.87. The third-order valence-corrected chi connectivity index (χ3v) is 1.87. The molecule has 0 radical (unpaired) electrons. The minimum atomic E-state index is -0.971. The van der Waals surface area contributed by atoms with Crippen LogP contribution < -0.4 is 5.32 Å². The molecule has 1 amide bonds. The van der Waals surface area contributed by atoms with E-state index >= 15 is 0 Å². The number of aliphatic carboxylic acids is 1. The normalized spacial score (nSPS) is 13.5. The Hall–Kier alpha value is -1.36. The van der Waals surface area contributed by atoms with E-state index in [1.807, 2.05) is 0 Å². The first-order valence-corrected chi connectivity index (χ1v) is 4.69. The molecule has 0 aliphatic rings. The highest BCUT2D eigenvalue weighted by molar-refractivity contribution is 5.81. The summed E-state index contributed by atoms with van der Waals surface area (Å²) in [7, 11) is 3.36. The number of carboxylic acids is 1. The number of likely N-dealkylation sites (N-methyl/N-ethyl adjacent to an activating group) is 1. The standard InChI is InChI=1S/C10H18N2O3/c1-7(5-9(13)14)6-11-8(2)10(15)12(3)4/h5,8,11H,6H2,1-4H3,(H,13,14). The molecule has 0 aromatic rings. The molecule has 1 unspecified atom stereocenters. The third kappa shape index (κ3) is 5.85. The Morgan fingerprint density at radius 1 is 1.47 bits per heavy atom. The average Bonchev–Trinajstić information content (AvgIpc) is 2.11. The fraction of sp³-hybridized carbons (Fsp3) is 0.600. The predicted octanol–water partition coefficient (Wildman–Crippen LogP) is 0.0836. The second-order valence-electron chi connectivity index (χ2n) is 3.66. The maximum atomic E-state index is 11.4. The number of carbonyl (C=O) groups is 2. The summed E-state index contributed by atoms with van der Waals surface area (Å²) < 4.78 is 0. The van der Waals surface area contributed by atoms with Crippen LogP contribution in [0.4, 0.5) is 0 Å². The minimum Gasteiger partial charge on any atom is -0.478 e. The Bertz CT molecular complexity index is 272. The van der Waals surface area contributed by atoms with E-state index in [0.29, 0.717) is 12.1 Å². The Kier molecular flexibility index (Phi) is 5.62. The second-order valence-corrected chi connectivity index (χ2v) is 3.66. The van der Waals surface area contributed by atoms with Gasteiger partial charge in [0.05, 0.1) is 6.04 Å². The first-order valence-electron chi connectivity index (χ1n) is 4.69. The van der Waals surface area contributed by atoms with Crippen LogP contribution in [0.3, 0.4) is 0 Å². The number of amides is 1. The number of nitrogens with one attached hydrogen (secondary N) is 1. The predicted molar refractivity (Wildman–Crippen MR) is 57.6 cm³/mol. The Balaban J connectivity index is 4.06. The van der Waals surface area contributed by atoms with E-state index in [1.165, 1.54) is 4.90 Å². The van der Waals surface area contributed by atoms with Crippen LogP contribution in [0.2, 0.25) is 0 Å². The van der Waals surface area contributed by atoms with E-state index in [1.54, 1.807) is 27.9 Å². The quantitative estimate of drug-likeness (QED) is 0.636. The van der Waals surface area contributed by atoms with Crippen molar-refractivity contribution in [1.82, 2.24) is 10.2 Å². The zero-order valence-electron chi connectivity index (χ0n) is 9.57. The van der Waals surface area contributed by atoms with Crippen molar-refractivity contribution in [1.29, 1.82) is 0 Å². The van der Waals surface area contributed by atoms with Gasteiger partial charge in [0, 0.05) is 26.7 Å². The van der Waals surface area contributed by atoms with Crippen molar-refractivity contribution in [3.05, 3.63) is 11.6 Å². The van der Waals surface area contributed by atoms with Gasteiger partial charge in [-0.05, 0) is 13.8 Å². The van der Waals surface area contributed by atoms with Gasteiger partial charge in [-0.15, -0.1) is 0 Å². The summed E-state index contributed by atoms with van der Waals surface area (Å²) in [5.74, 6) is -1.00. The van der Waals surface area contributed by atoms with Crippen molar-refractivity contribution in [2.45, 2.75) is 19.9 Å². The van der Waals surface area contributed by atoms with E-state index in [-0.39, 0.29) is 11.9 Å². The van der Waals surface area contributed by atoms with Crippen molar-refractivity contribution in [2.75, 3.05) is 20.6 Å². The number of carbonyl (C=O) groups excluding carboxylic acids is 1. The molecule has 86 valence electrons.